The number of nitrogens with zero attached hydrogens (tertiary/aromatic N) is 4. The number of piperazine rings is 1. The fourth-order valence-electron chi connectivity index (χ4n) is 17.8. The van der Waals surface area contributed by atoms with Gasteiger partial charge in [-0.05, 0) is 160 Å². The predicted octanol–water partition coefficient (Wildman–Crippen LogP) is 10.1. The summed E-state index contributed by atoms with van der Waals surface area (Å²) in [6, 6.07) is 18.7. The molecule has 4 aromatic carbocycles. The van der Waals surface area contributed by atoms with Gasteiger partial charge in [-0.25, -0.2) is 14.4 Å². The topological polar surface area (TPSA) is 398 Å². The first-order valence-corrected chi connectivity index (χ1v) is 46.6. The van der Waals surface area contributed by atoms with Crippen LogP contribution in [0.25, 0.3) is 38.6 Å². The van der Waals surface area contributed by atoms with Crippen LogP contribution in [0.4, 0.5) is 23.7 Å². The van der Waals surface area contributed by atoms with Gasteiger partial charge in [0.15, 0.2) is 5.78 Å². The molecule has 4 fully saturated rings. The molecule has 2 bridgehead atoms. The zero-order valence-electron chi connectivity index (χ0n) is 78.2. The monoisotopic (exact) mass is 1870 g/mol. The maximum absolute atomic E-state index is 15.0. The Balaban J connectivity index is 0.549. The van der Waals surface area contributed by atoms with E-state index in [-0.39, 0.29) is 139 Å². The molecule has 0 spiro atoms. The fraction of sp³-hybridized carbons (Fsp3) is 0.622. The number of benzene rings is 4. The standard InChI is InChI=1S/C98H138F3N7O25/c1-63-15-11-10-12-16-64(2)84(121-8)61-75-26-18-68(6)97(119,133-75)92(114)93(115)107-34-14-13-17-81(107)94(116)131-85(62-82(109)65(3)56-67(5)90(112)91(113)89(111)66(4)55-63)78(102)57-69-19-31-83(86(58-69)122-9)132-96(118)103-33-40-124-42-44-126-46-48-128-50-52-130-54-53-129-51-49-127-47-45-125-43-41-123-39-32-87(110)106-37-35-105(36-38-106)80-30-25-73(60-77(80)98(99,100)101)108-88-76-59-72(70-22-27-74(120-7)28-23-70)21-20-71(76)24-29-79(88)104-95(108)117/h10-12,15-16,20-25,27-30,56,59-60,63,65-66,68-69,75,78,81-86,90-91,109,112-113,119H,13-14,17-19,26,31-55,57-58,61-62,102H2,1-9H3,(H,103,118)(H,104,117)/b12-10+,15-11+,64-16+,67-56+/t63-,65-,66-,68-,69+,75+,78-,81+,82-,83-,84+,85+,86-,90-,91+,97-/m1/s1. The van der Waals surface area contributed by atoms with Crippen molar-refractivity contribution in [1.82, 2.24) is 24.7 Å². The number of alkyl halides is 3. The number of aromatic nitrogens is 2. The number of carbonyl (C=O) groups excluding carboxylic acids is 6. The zero-order chi connectivity index (χ0) is 95.7. The molecule has 3 saturated heterocycles. The van der Waals surface area contributed by atoms with Gasteiger partial charge in [-0.3, -0.25) is 23.7 Å². The molecule has 32 nitrogen and oxygen atoms in total. The van der Waals surface area contributed by atoms with Gasteiger partial charge in [-0.2, -0.15) is 13.2 Å². The molecule has 4 aliphatic heterocycles. The highest BCUT2D eigenvalue weighted by atomic mass is 19.4. The van der Waals surface area contributed by atoms with Gasteiger partial charge in [0, 0.05) is 101 Å². The van der Waals surface area contributed by atoms with E-state index < -0.39 is 131 Å². The molecule has 0 unspecified atom stereocenters. The average Bonchev–Trinajstić information content (AvgIpc) is 1.62. The Morgan fingerprint density at radius 3 is 1.89 bits per heavy atom. The van der Waals surface area contributed by atoms with Crippen LogP contribution < -0.4 is 26.4 Å². The maximum atomic E-state index is 15.0. The third kappa shape index (κ3) is 30.8. The Morgan fingerprint density at radius 1 is 0.647 bits per heavy atom. The van der Waals surface area contributed by atoms with Crippen molar-refractivity contribution >= 4 is 62.9 Å². The van der Waals surface area contributed by atoms with Gasteiger partial charge in [-0.15, -0.1) is 0 Å². The second-order valence-corrected chi connectivity index (χ2v) is 35.2. The Kier molecular flexibility index (Phi) is 42.3. The van der Waals surface area contributed by atoms with Crippen LogP contribution >= 0.6 is 0 Å². The second kappa shape index (κ2) is 53.0. The number of ketones is 2. The molecule has 16 atom stereocenters. The highest BCUT2D eigenvalue weighted by molar-refractivity contribution is 6.39. The van der Waals surface area contributed by atoms with Crippen LogP contribution in [-0.2, 0) is 91.7 Å². The summed E-state index contributed by atoms with van der Waals surface area (Å²) in [4.78, 5) is 104. The number of halogens is 3. The summed E-state index contributed by atoms with van der Waals surface area (Å²) < 4.78 is 126. The molecule has 1 saturated carbocycles. The fourth-order valence-corrected chi connectivity index (χ4v) is 17.8. The number of nitrogens with one attached hydrogen (secondary N) is 2. The SMILES string of the molecule is COc1ccc(-c2ccc3ccc4[nH]c(=O)n(-c5ccc(N6CCN(C(=O)CCOCCOCCOCCOCCOCCOCCOCCOCCNC(=O)O[C@@H]7CC[C@@H](C[C@@H](N)[C@@H]8C[C@@H](O)[C@H](C)/C=C(\C)[C@@H](O)[C@@H](O)C(=O)[C@H](C)C[C@H](C)/C=C/C=C/C=C(\C)[C@@H](OC)C[C@@H]9CC[C@@H](C)[C@@](O)(O9)C(=O)C(=O)N9CCCC[C@H]9C(=O)O8)C[C@H]7OC)CC6)c(C(F)(F)F)c5)c4c3c2)cc1. The number of aliphatic hydroxyl groups excluding tert-OH is 3. The van der Waals surface area contributed by atoms with Crippen molar-refractivity contribution in [3.63, 3.8) is 0 Å². The quantitative estimate of drug-likeness (QED) is 0.00841. The Bertz CT molecular complexity index is 4730. The van der Waals surface area contributed by atoms with Crippen LogP contribution in [-0.4, -0.2) is 308 Å². The molecular formula is C98H138F3N7O25. The third-order valence-corrected chi connectivity index (χ3v) is 25.6. The highest BCUT2D eigenvalue weighted by Gasteiger charge is 2.53. The van der Waals surface area contributed by atoms with E-state index in [1.807, 2.05) is 92.8 Å². The minimum atomic E-state index is -4.75. The van der Waals surface area contributed by atoms with E-state index in [2.05, 4.69) is 10.3 Å². The van der Waals surface area contributed by atoms with Crippen LogP contribution in [0.3, 0.4) is 0 Å². The molecule has 1 aliphatic carbocycles. The van der Waals surface area contributed by atoms with Gasteiger partial charge in [0.05, 0.1) is 166 Å². The lowest BCUT2D eigenvalue weighted by molar-refractivity contribution is -0.265. The molecular weight excluding hydrogens is 1730 g/mol. The van der Waals surface area contributed by atoms with Crippen molar-refractivity contribution in [2.24, 2.45) is 35.3 Å². The third-order valence-electron chi connectivity index (χ3n) is 25.6. The number of alkyl carbamates (subject to hydrolysis) is 1. The number of Topliss-reactive ketones (excluding diaryl/α,β-unsaturated/α-hetero) is 2. The van der Waals surface area contributed by atoms with Gasteiger partial charge in [0.2, 0.25) is 11.7 Å². The summed E-state index contributed by atoms with van der Waals surface area (Å²) >= 11 is 0. The number of fused-ring (bicyclic) bond motifs is 6. The van der Waals surface area contributed by atoms with E-state index in [4.69, 9.17) is 72.0 Å². The number of aliphatic hydroxyl groups is 4. The lowest BCUT2D eigenvalue weighted by Gasteiger charge is -2.42. The number of allylic oxidation sites excluding steroid dienone is 5. The lowest BCUT2D eigenvalue weighted by Crippen LogP contribution is -2.61. The van der Waals surface area contributed by atoms with Crippen LogP contribution in [0.5, 0.6) is 5.75 Å². The second-order valence-electron chi connectivity index (χ2n) is 35.2. The molecule has 10 rings (SSSR count). The minimum Gasteiger partial charge on any atom is -0.497 e. The molecule has 35 heteroatoms. The van der Waals surface area contributed by atoms with Gasteiger partial charge >= 0.3 is 23.9 Å². The van der Waals surface area contributed by atoms with E-state index in [0.717, 1.165) is 33.1 Å². The number of H-pyrrole nitrogens is 1. The summed E-state index contributed by atoms with van der Waals surface area (Å²) in [5.41, 5.74) is 9.37. The molecule has 5 heterocycles. The minimum absolute atomic E-state index is 0.00780. The molecule has 5 aliphatic rings. The number of cyclic esters (lactones) is 1. The van der Waals surface area contributed by atoms with Crippen molar-refractivity contribution in [2.75, 3.05) is 171 Å². The van der Waals surface area contributed by atoms with E-state index in [0.29, 0.717) is 146 Å². The summed E-state index contributed by atoms with van der Waals surface area (Å²) in [6.07, 6.45) is 1.41. The van der Waals surface area contributed by atoms with Crippen LogP contribution in [0.2, 0.25) is 0 Å². The van der Waals surface area contributed by atoms with Gasteiger partial charge in [0.1, 0.15) is 36.2 Å². The highest BCUT2D eigenvalue weighted by Crippen LogP contribution is 2.42. The molecule has 8 N–H and O–H groups in total. The Labute approximate surface area is 776 Å². The number of nitrogens with two attached hydrogens (primary N) is 1. The molecule has 133 heavy (non-hydrogen) atoms. The summed E-state index contributed by atoms with van der Waals surface area (Å²) in [5.74, 6) is -8.04. The van der Waals surface area contributed by atoms with Crippen molar-refractivity contribution in [3.05, 3.63) is 136 Å². The summed E-state index contributed by atoms with van der Waals surface area (Å²) in [7, 11) is 4.65. The number of hydrogen-bond acceptors (Lipinski definition) is 27. The lowest BCUT2D eigenvalue weighted by atomic mass is 9.80. The van der Waals surface area contributed by atoms with Gasteiger partial charge in [0.25, 0.3) is 11.7 Å². The average molecular weight is 1870 g/mol. The summed E-state index contributed by atoms with van der Waals surface area (Å²) in [5, 5.41) is 50.8. The number of carbonyl (C=O) groups is 6. The number of imidazole rings is 1. The van der Waals surface area contributed by atoms with Crippen LogP contribution in [0, 0.1) is 29.6 Å². The van der Waals surface area contributed by atoms with Crippen molar-refractivity contribution < 1.29 is 129 Å². The number of aromatic amines is 1. The number of ether oxygens (including phenoxy) is 14. The first kappa shape index (κ1) is 106. The predicted molar refractivity (Wildman–Crippen MR) is 491 cm³/mol. The molecule has 5 aromatic rings. The smallest absolute Gasteiger partial charge is 0.418 e. The molecule has 1 aromatic heterocycles. The van der Waals surface area contributed by atoms with E-state index in [1.165, 1.54) is 23.8 Å². The van der Waals surface area contributed by atoms with Crippen molar-refractivity contribution in [2.45, 2.75) is 198 Å². The Morgan fingerprint density at radius 2 is 1.27 bits per heavy atom. The molecule has 736 valence electrons. The van der Waals surface area contributed by atoms with Crippen molar-refractivity contribution in [1.29, 1.82) is 0 Å². The normalized spacial score (nSPS) is 27.2. The van der Waals surface area contributed by atoms with Crippen molar-refractivity contribution in [3.8, 4) is 22.6 Å². The van der Waals surface area contributed by atoms with E-state index >= 15 is 0 Å². The number of esters is 1. The number of amides is 3. The first-order chi connectivity index (χ1) is 63.9. The van der Waals surface area contributed by atoms with Gasteiger partial charge < -0.3 is 117 Å². The number of piperidine rings is 1. The number of methoxy groups -OCH3 is 3. The first-order valence-electron chi connectivity index (χ1n) is 46.6. The molecule has 0 radical (unpaired) electrons. The van der Waals surface area contributed by atoms with E-state index in [9.17, 15) is 67.2 Å². The number of rotatable bonds is 37. The number of hydrogen-bond donors (Lipinski definition) is 7. The number of anilines is 1. The summed E-state index contributed by atoms with van der Waals surface area (Å²) in [6.45, 7) is 16.3. The van der Waals surface area contributed by atoms with Gasteiger partial charge in [-0.1, -0.05) is 94.5 Å². The molecule has 3 amide bonds. The van der Waals surface area contributed by atoms with Crippen LogP contribution in [0.1, 0.15) is 131 Å². The largest absolute Gasteiger partial charge is 0.497 e. The van der Waals surface area contributed by atoms with E-state index in [1.54, 1.807) is 63.9 Å². The Hall–Kier alpha value is -8.86. The van der Waals surface area contributed by atoms with Crippen LogP contribution in [0.15, 0.2) is 125 Å². The zero-order valence-corrected chi connectivity index (χ0v) is 78.2. The maximum Gasteiger partial charge on any atom is 0.418 e.